The van der Waals surface area contributed by atoms with Gasteiger partial charge in [-0.3, -0.25) is 9.59 Å². The number of amides is 2. The molecule has 116 valence electrons. The smallest absolute Gasteiger partial charge is 0.422 e. The maximum atomic E-state index is 12.8. The molecule has 2 amide bonds. The Morgan fingerprint density at radius 3 is 1.85 bits per heavy atom. The molecule has 0 aromatic rings. The van der Waals surface area contributed by atoms with E-state index in [4.69, 9.17) is 5.11 Å². The van der Waals surface area contributed by atoms with Gasteiger partial charge in [0.05, 0.1) is 0 Å². The van der Waals surface area contributed by atoms with Gasteiger partial charge in [0.2, 0.25) is 17.4 Å². The number of alkyl halides is 3. The first-order valence-corrected chi connectivity index (χ1v) is 5.72. The molecule has 0 aliphatic heterocycles. The molecule has 2 unspecified atom stereocenters. The number of carboxylic acid groups (broad SMARTS) is 1. The van der Waals surface area contributed by atoms with Crippen LogP contribution in [0.2, 0.25) is 0 Å². The lowest BCUT2D eigenvalue weighted by Crippen LogP contribution is -2.65. The Hall–Kier alpha value is -1.80. The van der Waals surface area contributed by atoms with Gasteiger partial charge in [0.15, 0.2) is 0 Å². The molecule has 0 bridgehead atoms. The number of carbonyl (C=O) groups is 3. The van der Waals surface area contributed by atoms with Crippen molar-refractivity contribution in [1.29, 1.82) is 0 Å². The highest BCUT2D eigenvalue weighted by Crippen LogP contribution is 2.30. The Balaban J connectivity index is 5.28. The monoisotopic (exact) mass is 298 g/mol. The molecule has 0 aromatic carbocycles. The van der Waals surface area contributed by atoms with Gasteiger partial charge in [0.1, 0.15) is 6.04 Å². The van der Waals surface area contributed by atoms with Crippen molar-refractivity contribution < 1.29 is 32.7 Å². The van der Waals surface area contributed by atoms with Crippen LogP contribution in [0.1, 0.15) is 27.7 Å². The summed E-state index contributed by atoms with van der Waals surface area (Å²) >= 11 is 0. The molecule has 0 spiro atoms. The summed E-state index contributed by atoms with van der Waals surface area (Å²) < 4.78 is 38.3. The van der Waals surface area contributed by atoms with Gasteiger partial charge in [0.25, 0.3) is 0 Å². The fourth-order valence-electron chi connectivity index (χ4n) is 1.32. The molecule has 3 N–H and O–H groups in total. The zero-order valence-corrected chi connectivity index (χ0v) is 11.5. The quantitative estimate of drug-likeness (QED) is 0.695. The van der Waals surface area contributed by atoms with Gasteiger partial charge >= 0.3 is 12.1 Å². The van der Waals surface area contributed by atoms with Crippen LogP contribution in [0.15, 0.2) is 0 Å². The van der Waals surface area contributed by atoms with Gasteiger partial charge in [-0.05, 0) is 12.8 Å². The lowest BCUT2D eigenvalue weighted by molar-refractivity contribution is -0.207. The summed E-state index contributed by atoms with van der Waals surface area (Å²) in [5.41, 5.74) is -3.42. The van der Waals surface area contributed by atoms with Crippen molar-refractivity contribution >= 4 is 17.8 Å². The van der Waals surface area contributed by atoms with E-state index in [1.807, 2.05) is 0 Å². The third-order valence-electron chi connectivity index (χ3n) is 2.68. The van der Waals surface area contributed by atoms with Crippen LogP contribution in [-0.4, -0.2) is 40.6 Å². The van der Waals surface area contributed by atoms with Crippen LogP contribution >= 0.6 is 0 Å². The van der Waals surface area contributed by atoms with Crippen molar-refractivity contribution in [3.63, 3.8) is 0 Å². The molecule has 0 rings (SSSR count). The Labute approximate surface area is 113 Å². The number of aliphatic carboxylic acids is 1. The van der Waals surface area contributed by atoms with Crippen molar-refractivity contribution in [2.24, 2.45) is 5.92 Å². The van der Waals surface area contributed by atoms with E-state index in [-0.39, 0.29) is 0 Å². The second-order valence-electron chi connectivity index (χ2n) is 4.84. The minimum atomic E-state index is -5.17. The van der Waals surface area contributed by atoms with Gasteiger partial charge < -0.3 is 15.7 Å². The molecular formula is C11H17F3N2O4. The molecule has 0 aromatic heterocycles. The molecule has 0 radical (unpaired) electrons. The highest BCUT2D eigenvalue weighted by atomic mass is 19.4. The highest BCUT2D eigenvalue weighted by Gasteiger charge is 2.58. The van der Waals surface area contributed by atoms with E-state index in [2.05, 4.69) is 5.32 Å². The summed E-state index contributed by atoms with van der Waals surface area (Å²) in [7, 11) is 0. The standard InChI is InChI=1S/C11H17F3N2O4/c1-5(2)7(15-6(3)17)8(18)16-10(4,9(19)20)11(12,13)14/h5,7H,1-4H3,(H,15,17)(H,16,18)(H,19,20). The summed E-state index contributed by atoms with van der Waals surface area (Å²) in [5, 5.41) is 12.3. The summed E-state index contributed by atoms with van der Waals surface area (Å²) in [6, 6.07) is -1.26. The fraction of sp³-hybridized carbons (Fsp3) is 0.727. The predicted octanol–water partition coefficient (Wildman–Crippen LogP) is 0.669. The van der Waals surface area contributed by atoms with Crippen molar-refractivity contribution in [2.75, 3.05) is 0 Å². The van der Waals surface area contributed by atoms with Crippen LogP contribution in [0.5, 0.6) is 0 Å². The van der Waals surface area contributed by atoms with Gasteiger partial charge in [-0.1, -0.05) is 13.8 Å². The Morgan fingerprint density at radius 1 is 1.15 bits per heavy atom. The molecule has 0 aliphatic carbocycles. The summed E-state index contributed by atoms with van der Waals surface area (Å²) in [6.45, 7) is 4.46. The van der Waals surface area contributed by atoms with E-state index < -0.39 is 41.5 Å². The van der Waals surface area contributed by atoms with Crippen LogP contribution in [0.3, 0.4) is 0 Å². The van der Waals surface area contributed by atoms with Crippen LogP contribution in [0, 0.1) is 5.92 Å². The van der Waals surface area contributed by atoms with E-state index in [1.54, 1.807) is 0 Å². The molecule has 0 heterocycles. The van der Waals surface area contributed by atoms with Crippen molar-refractivity contribution in [3.8, 4) is 0 Å². The van der Waals surface area contributed by atoms with Crippen LogP contribution < -0.4 is 10.6 Å². The first kappa shape index (κ1) is 18.2. The fourth-order valence-corrected chi connectivity index (χ4v) is 1.32. The number of hydrogen-bond donors (Lipinski definition) is 3. The minimum absolute atomic E-state index is 0.346. The normalized spacial score (nSPS) is 16.2. The molecule has 0 saturated heterocycles. The number of hydrogen-bond acceptors (Lipinski definition) is 3. The van der Waals surface area contributed by atoms with Gasteiger partial charge in [-0.25, -0.2) is 4.79 Å². The SMILES string of the molecule is CC(=O)NC(C(=O)NC(C)(C(=O)O)C(F)(F)F)C(C)C. The van der Waals surface area contributed by atoms with E-state index in [9.17, 15) is 27.6 Å². The lowest BCUT2D eigenvalue weighted by atomic mass is 9.98. The third kappa shape index (κ3) is 4.10. The molecular weight excluding hydrogens is 281 g/mol. The molecule has 20 heavy (non-hydrogen) atoms. The van der Waals surface area contributed by atoms with Crippen LogP contribution in [-0.2, 0) is 14.4 Å². The zero-order chi connectivity index (χ0) is 16.3. The van der Waals surface area contributed by atoms with Crippen molar-refractivity contribution in [2.45, 2.75) is 45.5 Å². The van der Waals surface area contributed by atoms with Gasteiger partial charge in [-0.2, -0.15) is 13.2 Å². The first-order chi connectivity index (χ1) is 8.83. The van der Waals surface area contributed by atoms with Crippen LogP contribution in [0.4, 0.5) is 13.2 Å². The number of rotatable bonds is 5. The highest BCUT2D eigenvalue weighted by molar-refractivity contribution is 5.92. The Kier molecular flexibility index (Phi) is 5.55. The average molecular weight is 298 g/mol. The second-order valence-corrected chi connectivity index (χ2v) is 4.84. The van der Waals surface area contributed by atoms with E-state index in [1.165, 1.54) is 19.2 Å². The average Bonchev–Trinajstić information content (AvgIpc) is 2.22. The Morgan fingerprint density at radius 2 is 1.60 bits per heavy atom. The van der Waals surface area contributed by atoms with Gasteiger partial charge in [0, 0.05) is 6.92 Å². The predicted molar refractivity (Wildman–Crippen MR) is 62.7 cm³/mol. The number of carboxylic acids is 1. The molecule has 0 saturated carbocycles. The molecule has 0 fully saturated rings. The third-order valence-corrected chi connectivity index (χ3v) is 2.68. The van der Waals surface area contributed by atoms with Crippen molar-refractivity contribution in [3.05, 3.63) is 0 Å². The van der Waals surface area contributed by atoms with E-state index in [0.29, 0.717) is 6.92 Å². The van der Waals surface area contributed by atoms with E-state index >= 15 is 0 Å². The minimum Gasteiger partial charge on any atom is -0.479 e. The summed E-state index contributed by atoms with van der Waals surface area (Å²) in [5.74, 6) is -4.56. The largest absolute Gasteiger partial charge is 0.479 e. The molecule has 0 aliphatic rings. The number of halogens is 3. The van der Waals surface area contributed by atoms with Crippen molar-refractivity contribution in [1.82, 2.24) is 10.6 Å². The van der Waals surface area contributed by atoms with E-state index in [0.717, 1.165) is 6.92 Å². The zero-order valence-electron chi connectivity index (χ0n) is 11.5. The maximum Gasteiger partial charge on any atom is 0.422 e. The first-order valence-electron chi connectivity index (χ1n) is 5.72. The molecule has 6 nitrogen and oxygen atoms in total. The summed E-state index contributed by atoms with van der Waals surface area (Å²) in [6.07, 6.45) is -5.17. The topological polar surface area (TPSA) is 95.5 Å². The Bertz CT molecular complexity index is 409. The molecule has 2 atom stereocenters. The second kappa shape index (κ2) is 6.10. The van der Waals surface area contributed by atoms with Crippen LogP contribution in [0.25, 0.3) is 0 Å². The lowest BCUT2D eigenvalue weighted by Gasteiger charge is -2.31. The number of nitrogens with one attached hydrogen (secondary N) is 2. The molecule has 9 heteroatoms. The van der Waals surface area contributed by atoms with Gasteiger partial charge in [-0.15, -0.1) is 0 Å². The summed E-state index contributed by atoms with van der Waals surface area (Å²) in [4.78, 5) is 33.5. The maximum absolute atomic E-state index is 12.8. The number of carbonyl (C=O) groups excluding carboxylic acids is 2.